The minimum Gasteiger partial charge on any atom is -0.482 e. The number of Topliss-reactive ketones (excluding diaryl/α,β-unsaturated/α-hetero) is 1. The summed E-state index contributed by atoms with van der Waals surface area (Å²) < 4.78 is 11.8. The van der Waals surface area contributed by atoms with E-state index < -0.39 is 18.4 Å². The molecule has 4 rings (SSSR count). The van der Waals surface area contributed by atoms with Gasteiger partial charge >= 0.3 is 5.97 Å². The van der Waals surface area contributed by atoms with Gasteiger partial charge in [-0.1, -0.05) is 30.3 Å². The van der Waals surface area contributed by atoms with Gasteiger partial charge in [0.15, 0.2) is 30.5 Å². The number of hydrogen-bond donors (Lipinski definition) is 1. The second-order valence-electron chi connectivity index (χ2n) is 6.63. The molecule has 0 saturated carbocycles. The molecule has 2 aromatic carbocycles. The second kappa shape index (κ2) is 8.57. The first kappa shape index (κ1) is 20.0. The van der Waals surface area contributed by atoms with Gasteiger partial charge in [0, 0.05) is 5.56 Å². The molecule has 10 heteroatoms. The number of anilines is 1. The molecule has 1 aliphatic rings. The minimum atomic E-state index is -0.762. The number of nitrogens with zero attached hydrogens (tertiary/aromatic N) is 4. The number of ketones is 1. The van der Waals surface area contributed by atoms with Gasteiger partial charge in [-0.25, -0.2) is 4.79 Å². The average Bonchev–Trinajstić information content (AvgIpc) is 3.21. The van der Waals surface area contributed by atoms with Crippen LogP contribution < -0.4 is 10.1 Å². The Hall–Kier alpha value is -4.34. The summed E-state index contributed by atoms with van der Waals surface area (Å²) in [7, 11) is 0. The molecule has 1 N–H and O–H groups in total. The van der Waals surface area contributed by atoms with Gasteiger partial charge in [0.2, 0.25) is 0 Å². The Labute approximate surface area is 176 Å². The van der Waals surface area contributed by atoms with Gasteiger partial charge in [0.1, 0.15) is 5.75 Å². The fourth-order valence-electron chi connectivity index (χ4n) is 2.91. The molecule has 10 nitrogen and oxygen atoms in total. The highest BCUT2D eigenvalue weighted by molar-refractivity contribution is 6.16. The molecule has 156 valence electrons. The molecule has 0 aliphatic carbocycles. The molecule has 0 unspecified atom stereocenters. The number of nitrogens with one attached hydrogen (secondary N) is 1. The summed E-state index contributed by atoms with van der Waals surface area (Å²) in [6.07, 6.45) is 1.57. The van der Waals surface area contributed by atoms with Crippen molar-refractivity contribution in [2.45, 2.75) is 6.92 Å². The van der Waals surface area contributed by atoms with Crippen LogP contribution in [0.2, 0.25) is 0 Å². The van der Waals surface area contributed by atoms with E-state index in [2.05, 4.69) is 20.8 Å². The second-order valence-corrected chi connectivity index (χ2v) is 6.63. The number of aryl methyl sites for hydroxylation is 1. The molecule has 1 amide bonds. The third-order valence-corrected chi connectivity index (χ3v) is 4.43. The number of hydrogen-bond acceptors (Lipinski definition) is 8. The summed E-state index contributed by atoms with van der Waals surface area (Å²) >= 11 is 0. The van der Waals surface area contributed by atoms with Crippen LogP contribution >= 0.6 is 0 Å². The van der Waals surface area contributed by atoms with E-state index in [1.165, 1.54) is 10.7 Å². The lowest BCUT2D eigenvalue weighted by Crippen LogP contribution is -2.25. The highest BCUT2D eigenvalue weighted by Crippen LogP contribution is 2.28. The maximum absolute atomic E-state index is 12.8. The van der Waals surface area contributed by atoms with Gasteiger partial charge < -0.3 is 14.8 Å². The summed E-state index contributed by atoms with van der Waals surface area (Å²) in [4.78, 5) is 36.8. The molecule has 2 heterocycles. The normalized spacial score (nSPS) is 13.1. The van der Waals surface area contributed by atoms with Gasteiger partial charge in [-0.15, -0.1) is 5.10 Å². The lowest BCUT2D eigenvalue weighted by Gasteiger charge is -2.18. The molecule has 0 saturated heterocycles. The predicted octanol–water partition coefficient (Wildman–Crippen LogP) is 1.74. The van der Waals surface area contributed by atoms with E-state index in [1.54, 1.807) is 25.1 Å². The smallest absolute Gasteiger partial charge is 0.357 e. The number of fused-ring (bicyclic) bond motifs is 1. The van der Waals surface area contributed by atoms with Crippen LogP contribution in [0.5, 0.6) is 5.75 Å². The zero-order chi connectivity index (χ0) is 21.8. The zero-order valence-corrected chi connectivity index (χ0v) is 16.4. The Kier molecular flexibility index (Phi) is 5.52. The minimum absolute atomic E-state index is 0.0626. The standard InChI is InChI=1S/C21H17N5O5/c1-13-23-24-25-26(13)17(9-14-5-3-2-4-6-14)21(29)31-11-18(27)15-7-8-19-16(10-15)22-20(28)12-30-19/h2-10H,11-12H2,1H3,(H,22,28)/b17-9-. The van der Waals surface area contributed by atoms with Gasteiger partial charge in [-0.05, 0) is 47.2 Å². The van der Waals surface area contributed by atoms with Crippen molar-refractivity contribution in [3.8, 4) is 5.75 Å². The van der Waals surface area contributed by atoms with Crippen molar-refractivity contribution in [3.63, 3.8) is 0 Å². The van der Waals surface area contributed by atoms with Crippen molar-refractivity contribution < 1.29 is 23.9 Å². The number of ether oxygens (including phenoxy) is 2. The molecular weight excluding hydrogens is 402 g/mol. The molecule has 0 bridgehead atoms. The first-order chi connectivity index (χ1) is 15.0. The largest absolute Gasteiger partial charge is 0.482 e. The Morgan fingerprint density at radius 3 is 2.77 bits per heavy atom. The summed E-state index contributed by atoms with van der Waals surface area (Å²) in [5.74, 6) is -0.659. The highest BCUT2D eigenvalue weighted by atomic mass is 16.5. The quantitative estimate of drug-likeness (QED) is 0.364. The summed E-state index contributed by atoms with van der Waals surface area (Å²) in [5, 5.41) is 13.8. The molecule has 0 atom stereocenters. The van der Waals surface area contributed by atoms with Crippen LogP contribution in [-0.4, -0.2) is 51.1 Å². The molecule has 1 aliphatic heterocycles. The average molecular weight is 419 g/mol. The van der Waals surface area contributed by atoms with Crippen molar-refractivity contribution in [2.24, 2.45) is 0 Å². The number of aromatic nitrogens is 4. The van der Waals surface area contributed by atoms with Crippen molar-refractivity contribution in [1.29, 1.82) is 0 Å². The van der Waals surface area contributed by atoms with E-state index in [0.29, 0.717) is 17.3 Å². The first-order valence-corrected chi connectivity index (χ1v) is 9.30. The molecule has 3 aromatic rings. The zero-order valence-electron chi connectivity index (χ0n) is 16.4. The number of rotatable bonds is 6. The molecular formula is C21H17N5O5. The van der Waals surface area contributed by atoms with Crippen molar-refractivity contribution in [2.75, 3.05) is 18.5 Å². The Morgan fingerprint density at radius 1 is 1.23 bits per heavy atom. The van der Waals surface area contributed by atoms with Crippen LogP contribution in [0, 0.1) is 6.92 Å². The SMILES string of the molecule is Cc1nnnn1/C(=C\c1ccccc1)C(=O)OCC(=O)c1ccc2c(c1)NC(=O)CO2. The summed E-state index contributed by atoms with van der Waals surface area (Å²) in [6, 6.07) is 13.7. The summed E-state index contributed by atoms with van der Waals surface area (Å²) in [6.45, 7) is 1.06. The van der Waals surface area contributed by atoms with E-state index in [1.807, 2.05) is 30.3 Å². The Morgan fingerprint density at radius 2 is 2.03 bits per heavy atom. The lowest BCUT2D eigenvalue weighted by atomic mass is 10.1. The third kappa shape index (κ3) is 4.47. The number of carbonyl (C=O) groups is 3. The van der Waals surface area contributed by atoms with Crippen LogP contribution in [0.15, 0.2) is 48.5 Å². The van der Waals surface area contributed by atoms with Crippen LogP contribution in [-0.2, 0) is 14.3 Å². The van der Waals surface area contributed by atoms with Crippen molar-refractivity contribution in [1.82, 2.24) is 20.2 Å². The van der Waals surface area contributed by atoms with E-state index >= 15 is 0 Å². The topological polar surface area (TPSA) is 125 Å². The lowest BCUT2D eigenvalue weighted by molar-refractivity contribution is -0.136. The van der Waals surface area contributed by atoms with Crippen LogP contribution in [0.3, 0.4) is 0 Å². The fraction of sp³-hybridized carbons (Fsp3) is 0.143. The number of amides is 1. The van der Waals surface area contributed by atoms with Gasteiger partial charge in [0.05, 0.1) is 5.69 Å². The van der Waals surface area contributed by atoms with Crippen LogP contribution in [0.1, 0.15) is 21.7 Å². The number of tetrazole rings is 1. The fourth-order valence-corrected chi connectivity index (χ4v) is 2.91. The third-order valence-electron chi connectivity index (χ3n) is 4.43. The van der Waals surface area contributed by atoms with Gasteiger partial charge in [-0.3, -0.25) is 9.59 Å². The van der Waals surface area contributed by atoms with Gasteiger partial charge in [0.25, 0.3) is 5.91 Å². The Bertz CT molecular complexity index is 1190. The van der Waals surface area contributed by atoms with E-state index in [-0.39, 0.29) is 23.8 Å². The van der Waals surface area contributed by atoms with Crippen molar-refractivity contribution >= 4 is 35.1 Å². The monoisotopic (exact) mass is 419 g/mol. The molecule has 0 spiro atoms. The first-order valence-electron chi connectivity index (χ1n) is 9.30. The number of carbonyl (C=O) groups excluding carboxylic acids is 3. The number of benzene rings is 2. The number of esters is 1. The van der Waals surface area contributed by atoms with Crippen LogP contribution in [0.25, 0.3) is 11.8 Å². The van der Waals surface area contributed by atoms with Crippen LogP contribution in [0.4, 0.5) is 5.69 Å². The molecule has 31 heavy (non-hydrogen) atoms. The highest BCUT2D eigenvalue weighted by Gasteiger charge is 2.21. The van der Waals surface area contributed by atoms with E-state index in [0.717, 1.165) is 5.56 Å². The summed E-state index contributed by atoms with van der Waals surface area (Å²) in [5.41, 5.74) is 1.46. The van der Waals surface area contributed by atoms with Gasteiger partial charge in [-0.2, -0.15) is 4.68 Å². The maximum Gasteiger partial charge on any atom is 0.357 e. The molecule has 0 radical (unpaired) electrons. The molecule has 1 aromatic heterocycles. The van der Waals surface area contributed by atoms with E-state index in [9.17, 15) is 14.4 Å². The van der Waals surface area contributed by atoms with Crippen molar-refractivity contribution in [3.05, 3.63) is 65.5 Å². The Balaban J connectivity index is 1.51. The van der Waals surface area contributed by atoms with E-state index in [4.69, 9.17) is 9.47 Å². The molecule has 0 fully saturated rings. The maximum atomic E-state index is 12.8. The predicted molar refractivity (Wildman–Crippen MR) is 109 cm³/mol.